The summed E-state index contributed by atoms with van der Waals surface area (Å²) in [5.41, 5.74) is 1.03. The minimum atomic E-state index is -0.562. The summed E-state index contributed by atoms with van der Waals surface area (Å²) < 4.78 is 20.6. The highest BCUT2D eigenvalue weighted by Gasteiger charge is 2.14. The molecule has 0 unspecified atom stereocenters. The Morgan fingerprint density at radius 1 is 1.08 bits per heavy atom. The van der Waals surface area contributed by atoms with Crippen molar-refractivity contribution in [3.63, 3.8) is 0 Å². The molecular weight excluding hydrogens is 360 g/mol. The van der Waals surface area contributed by atoms with Crippen molar-refractivity contribution in [1.29, 1.82) is 0 Å². The van der Waals surface area contributed by atoms with Crippen molar-refractivity contribution >= 4 is 17.6 Å². The van der Waals surface area contributed by atoms with Gasteiger partial charge in [0.1, 0.15) is 11.5 Å². The van der Waals surface area contributed by atoms with E-state index in [0.717, 1.165) is 5.56 Å². The van der Waals surface area contributed by atoms with Gasteiger partial charge in [-0.15, -0.1) is 0 Å². The van der Waals surface area contributed by atoms with E-state index in [4.69, 9.17) is 30.3 Å². The Labute approximate surface area is 154 Å². The fraction of sp³-hybridized carbons (Fsp3) is 0.167. The van der Waals surface area contributed by atoms with E-state index in [1.54, 1.807) is 42.5 Å². The Morgan fingerprint density at radius 3 is 2.35 bits per heavy atom. The van der Waals surface area contributed by atoms with Gasteiger partial charge in [-0.1, -0.05) is 16.8 Å². The van der Waals surface area contributed by atoms with Crippen LogP contribution in [-0.2, 0) is 11.3 Å². The molecule has 0 aliphatic heterocycles. The molecule has 0 atom stereocenters. The molecule has 7 nitrogen and oxygen atoms in total. The zero-order chi connectivity index (χ0) is 18.5. The van der Waals surface area contributed by atoms with Gasteiger partial charge in [0.15, 0.2) is 6.61 Å². The fourth-order valence-corrected chi connectivity index (χ4v) is 2.29. The van der Waals surface area contributed by atoms with Crippen LogP contribution in [0.25, 0.3) is 11.4 Å². The minimum Gasteiger partial charge on any atom is -0.497 e. The van der Waals surface area contributed by atoms with Crippen molar-refractivity contribution in [3.8, 4) is 22.9 Å². The number of nitrogens with zero attached hydrogens (tertiary/aromatic N) is 2. The summed E-state index contributed by atoms with van der Waals surface area (Å²) in [4.78, 5) is 16.4. The molecule has 1 heterocycles. The predicted octanol–water partition coefficient (Wildman–Crippen LogP) is 3.76. The van der Waals surface area contributed by atoms with E-state index in [-0.39, 0.29) is 12.5 Å². The van der Waals surface area contributed by atoms with Gasteiger partial charge in [0, 0.05) is 16.7 Å². The molecule has 0 amide bonds. The first kappa shape index (κ1) is 17.8. The standard InChI is InChI=1S/C18H15ClN2O5/c1-23-14-7-12(8-15(9-14)24-2)18(22)25-10-16-20-17(21-26-16)11-3-5-13(19)6-4-11/h3-9H,10H2,1-2H3. The van der Waals surface area contributed by atoms with Gasteiger partial charge in [0.25, 0.3) is 5.89 Å². The summed E-state index contributed by atoms with van der Waals surface area (Å²) in [6.07, 6.45) is 0. The molecule has 0 saturated carbocycles. The molecule has 0 aliphatic rings. The van der Waals surface area contributed by atoms with Gasteiger partial charge < -0.3 is 18.7 Å². The molecule has 0 bridgehead atoms. The van der Waals surface area contributed by atoms with Crippen LogP contribution in [0.4, 0.5) is 0 Å². The number of halogens is 1. The molecule has 0 spiro atoms. The van der Waals surface area contributed by atoms with E-state index in [9.17, 15) is 4.79 Å². The summed E-state index contributed by atoms with van der Waals surface area (Å²) in [6, 6.07) is 11.8. The highest BCUT2D eigenvalue weighted by atomic mass is 35.5. The number of carbonyl (C=O) groups is 1. The second-order valence-electron chi connectivity index (χ2n) is 5.20. The number of hydrogen-bond acceptors (Lipinski definition) is 7. The topological polar surface area (TPSA) is 83.7 Å². The van der Waals surface area contributed by atoms with Gasteiger partial charge in [-0.05, 0) is 36.4 Å². The lowest BCUT2D eigenvalue weighted by Gasteiger charge is -2.07. The van der Waals surface area contributed by atoms with Crippen LogP contribution in [0.2, 0.25) is 5.02 Å². The highest BCUT2D eigenvalue weighted by Crippen LogP contribution is 2.23. The van der Waals surface area contributed by atoms with Crippen molar-refractivity contribution in [1.82, 2.24) is 10.1 Å². The molecule has 0 saturated heterocycles. The average Bonchev–Trinajstić information content (AvgIpc) is 3.15. The first-order valence-corrected chi connectivity index (χ1v) is 7.95. The lowest BCUT2D eigenvalue weighted by atomic mass is 10.2. The van der Waals surface area contributed by atoms with Crippen molar-refractivity contribution in [2.75, 3.05) is 14.2 Å². The summed E-state index contributed by atoms with van der Waals surface area (Å²) in [7, 11) is 3.00. The van der Waals surface area contributed by atoms with E-state index in [1.807, 2.05) is 0 Å². The summed E-state index contributed by atoms with van der Waals surface area (Å²) >= 11 is 5.85. The number of carbonyl (C=O) groups excluding carboxylic acids is 1. The van der Waals surface area contributed by atoms with Crippen molar-refractivity contribution in [2.45, 2.75) is 6.61 Å². The summed E-state index contributed by atoms with van der Waals surface area (Å²) in [5.74, 6) is 0.973. The second kappa shape index (κ2) is 7.88. The number of rotatable bonds is 6. The van der Waals surface area contributed by atoms with Crippen molar-refractivity contribution in [2.24, 2.45) is 0 Å². The molecule has 0 radical (unpaired) electrons. The largest absolute Gasteiger partial charge is 0.497 e. The van der Waals surface area contributed by atoms with Crippen LogP contribution < -0.4 is 9.47 Å². The van der Waals surface area contributed by atoms with Crippen LogP contribution in [0, 0.1) is 0 Å². The van der Waals surface area contributed by atoms with Gasteiger partial charge in [-0.2, -0.15) is 4.98 Å². The summed E-state index contributed by atoms with van der Waals surface area (Å²) in [5, 5.41) is 4.47. The zero-order valence-electron chi connectivity index (χ0n) is 14.1. The number of hydrogen-bond donors (Lipinski definition) is 0. The molecule has 2 aromatic carbocycles. The zero-order valence-corrected chi connectivity index (χ0v) is 14.8. The smallest absolute Gasteiger partial charge is 0.338 e. The third kappa shape index (κ3) is 4.12. The quantitative estimate of drug-likeness (QED) is 0.607. The molecule has 3 aromatic rings. The van der Waals surface area contributed by atoms with Crippen molar-refractivity contribution < 1.29 is 23.5 Å². The number of ether oxygens (including phenoxy) is 3. The first-order chi connectivity index (χ1) is 12.6. The maximum absolute atomic E-state index is 12.2. The van der Waals surface area contributed by atoms with E-state index in [2.05, 4.69) is 10.1 Å². The van der Waals surface area contributed by atoms with E-state index in [0.29, 0.717) is 27.9 Å². The third-order valence-electron chi connectivity index (χ3n) is 3.48. The minimum absolute atomic E-state index is 0.154. The molecule has 0 aliphatic carbocycles. The number of esters is 1. The lowest BCUT2D eigenvalue weighted by Crippen LogP contribution is -2.06. The Hall–Kier alpha value is -3.06. The number of aromatic nitrogens is 2. The lowest BCUT2D eigenvalue weighted by molar-refractivity contribution is 0.0429. The molecule has 3 rings (SSSR count). The Kier molecular flexibility index (Phi) is 5.38. The molecular formula is C18H15ClN2O5. The molecule has 26 heavy (non-hydrogen) atoms. The van der Waals surface area contributed by atoms with Gasteiger partial charge in [-0.25, -0.2) is 4.79 Å². The maximum Gasteiger partial charge on any atom is 0.338 e. The van der Waals surface area contributed by atoms with Crippen LogP contribution in [0.5, 0.6) is 11.5 Å². The highest BCUT2D eigenvalue weighted by molar-refractivity contribution is 6.30. The molecule has 8 heteroatoms. The average molecular weight is 375 g/mol. The molecule has 134 valence electrons. The second-order valence-corrected chi connectivity index (χ2v) is 5.63. The van der Waals surface area contributed by atoms with Crippen LogP contribution in [0.15, 0.2) is 47.0 Å². The molecule has 0 N–H and O–H groups in total. The predicted molar refractivity (Wildman–Crippen MR) is 93.4 cm³/mol. The van der Waals surface area contributed by atoms with Gasteiger partial charge in [0.2, 0.25) is 5.82 Å². The van der Waals surface area contributed by atoms with Gasteiger partial charge in [-0.3, -0.25) is 0 Å². The normalized spacial score (nSPS) is 10.4. The molecule has 1 aromatic heterocycles. The van der Waals surface area contributed by atoms with E-state index >= 15 is 0 Å². The van der Waals surface area contributed by atoms with E-state index < -0.39 is 5.97 Å². The first-order valence-electron chi connectivity index (χ1n) is 7.58. The maximum atomic E-state index is 12.2. The monoisotopic (exact) mass is 374 g/mol. The van der Waals surface area contributed by atoms with Gasteiger partial charge >= 0.3 is 5.97 Å². The van der Waals surface area contributed by atoms with Gasteiger partial charge in [0.05, 0.1) is 19.8 Å². The Bertz CT molecular complexity index is 886. The number of benzene rings is 2. The van der Waals surface area contributed by atoms with E-state index in [1.165, 1.54) is 14.2 Å². The molecule has 0 fully saturated rings. The fourth-order valence-electron chi connectivity index (χ4n) is 2.17. The SMILES string of the molecule is COc1cc(OC)cc(C(=O)OCc2nc(-c3ccc(Cl)cc3)no2)c1. The Morgan fingerprint density at radius 2 is 1.73 bits per heavy atom. The number of methoxy groups -OCH3 is 2. The summed E-state index contributed by atoms with van der Waals surface area (Å²) in [6.45, 7) is -0.154. The van der Waals surface area contributed by atoms with Crippen molar-refractivity contribution in [3.05, 3.63) is 58.9 Å². The van der Waals surface area contributed by atoms with Crippen LogP contribution in [-0.4, -0.2) is 30.3 Å². The van der Waals surface area contributed by atoms with Crippen LogP contribution in [0.3, 0.4) is 0 Å². The van der Waals surface area contributed by atoms with Crippen LogP contribution in [0.1, 0.15) is 16.2 Å². The Balaban J connectivity index is 1.67. The van der Waals surface area contributed by atoms with Crippen LogP contribution >= 0.6 is 11.6 Å². The third-order valence-corrected chi connectivity index (χ3v) is 3.74.